The summed E-state index contributed by atoms with van der Waals surface area (Å²) in [4.78, 5) is 22.1. The monoisotopic (exact) mass is 400 g/mol. The predicted octanol–water partition coefficient (Wildman–Crippen LogP) is 3.29. The van der Waals surface area contributed by atoms with Crippen LogP contribution in [0.5, 0.6) is 0 Å². The van der Waals surface area contributed by atoms with Crippen LogP contribution in [-0.2, 0) is 16.1 Å². The Kier molecular flexibility index (Phi) is 6.15. The molecule has 2 aliphatic carbocycles. The molecule has 2 aliphatic rings. The average molecular weight is 401 g/mol. The Morgan fingerprint density at radius 3 is 2.76 bits per heavy atom. The average Bonchev–Trinajstić information content (AvgIpc) is 3.21. The molecular formula is C22H32N4O3. The highest BCUT2D eigenvalue weighted by atomic mass is 16.5. The van der Waals surface area contributed by atoms with E-state index in [0.29, 0.717) is 35.9 Å². The zero-order valence-corrected chi connectivity index (χ0v) is 17.7. The minimum Gasteiger partial charge on any atom is -0.378 e. The summed E-state index contributed by atoms with van der Waals surface area (Å²) >= 11 is 0. The van der Waals surface area contributed by atoms with E-state index in [1.54, 1.807) is 13.4 Å². The second-order valence-electron chi connectivity index (χ2n) is 8.52. The van der Waals surface area contributed by atoms with Gasteiger partial charge in [-0.2, -0.15) is 0 Å². The van der Waals surface area contributed by atoms with Crippen LogP contribution in [-0.4, -0.2) is 46.1 Å². The Morgan fingerprint density at radius 1 is 1.31 bits per heavy atom. The van der Waals surface area contributed by atoms with Crippen LogP contribution in [0.15, 0.2) is 12.4 Å². The number of unbranched alkanes of at least 4 members (excludes halogenated alkanes) is 1. The molecular weight excluding hydrogens is 368 g/mol. The molecule has 2 saturated carbocycles. The van der Waals surface area contributed by atoms with Crippen LogP contribution in [0, 0.1) is 18.8 Å². The number of hydrogen-bond acceptors (Lipinski definition) is 5. The molecule has 0 aliphatic heterocycles. The van der Waals surface area contributed by atoms with E-state index in [0.717, 1.165) is 43.7 Å². The number of imidazole rings is 1. The molecule has 4 rings (SSSR count). The molecule has 3 unspecified atom stereocenters. The van der Waals surface area contributed by atoms with Crippen molar-refractivity contribution in [3.63, 3.8) is 0 Å². The molecule has 1 N–H and O–H groups in total. The number of nitrogens with zero attached hydrogens (tertiary/aromatic N) is 3. The van der Waals surface area contributed by atoms with E-state index in [2.05, 4.69) is 22.2 Å². The molecule has 158 valence electrons. The van der Waals surface area contributed by atoms with Gasteiger partial charge in [-0.3, -0.25) is 9.20 Å². The van der Waals surface area contributed by atoms with Gasteiger partial charge >= 0.3 is 0 Å². The van der Waals surface area contributed by atoms with Crippen molar-refractivity contribution in [1.82, 2.24) is 19.7 Å². The second-order valence-corrected chi connectivity index (χ2v) is 8.52. The Labute approximate surface area is 172 Å². The van der Waals surface area contributed by atoms with Crippen LogP contribution in [0.2, 0.25) is 0 Å². The minimum atomic E-state index is -0.124. The Morgan fingerprint density at radius 2 is 2.07 bits per heavy atom. The van der Waals surface area contributed by atoms with Gasteiger partial charge in [0.1, 0.15) is 6.33 Å². The molecule has 2 bridgehead atoms. The summed E-state index contributed by atoms with van der Waals surface area (Å²) in [5.41, 5.74) is 2.78. The molecule has 2 aromatic rings. The maximum Gasteiger partial charge on any atom is 0.274 e. The van der Waals surface area contributed by atoms with Gasteiger partial charge in [0.05, 0.1) is 18.4 Å². The third-order valence-corrected chi connectivity index (χ3v) is 6.46. The number of carbonyl (C=O) groups is 1. The quantitative estimate of drug-likeness (QED) is 0.688. The van der Waals surface area contributed by atoms with Crippen molar-refractivity contribution >= 4 is 11.6 Å². The Hall–Kier alpha value is -1.99. The number of aromatic nitrogens is 3. The zero-order valence-electron chi connectivity index (χ0n) is 17.7. The predicted molar refractivity (Wildman–Crippen MR) is 110 cm³/mol. The van der Waals surface area contributed by atoms with Gasteiger partial charge in [0.2, 0.25) is 0 Å². The van der Waals surface area contributed by atoms with E-state index in [-0.39, 0.29) is 11.9 Å². The van der Waals surface area contributed by atoms with Gasteiger partial charge in [-0.25, -0.2) is 9.97 Å². The largest absolute Gasteiger partial charge is 0.378 e. The number of aryl methyl sites for hydroxylation is 1. The van der Waals surface area contributed by atoms with Gasteiger partial charge < -0.3 is 14.8 Å². The van der Waals surface area contributed by atoms with Crippen molar-refractivity contribution in [2.45, 2.75) is 71.1 Å². The summed E-state index contributed by atoms with van der Waals surface area (Å²) in [6, 6.07) is 2.17. The fourth-order valence-electron chi connectivity index (χ4n) is 5.03. The van der Waals surface area contributed by atoms with Crippen molar-refractivity contribution in [2.24, 2.45) is 11.8 Å². The van der Waals surface area contributed by atoms with Crippen molar-refractivity contribution in [3.8, 4) is 0 Å². The number of rotatable bonds is 8. The first-order valence-electron chi connectivity index (χ1n) is 10.9. The Bertz CT molecular complexity index is 851. The van der Waals surface area contributed by atoms with E-state index in [1.807, 2.05) is 17.4 Å². The van der Waals surface area contributed by atoms with Gasteiger partial charge in [-0.15, -0.1) is 0 Å². The van der Waals surface area contributed by atoms with Gasteiger partial charge in [-0.05, 0) is 56.9 Å². The molecule has 2 fully saturated rings. The first-order chi connectivity index (χ1) is 14.1. The van der Waals surface area contributed by atoms with Crippen LogP contribution in [0.4, 0.5) is 0 Å². The zero-order chi connectivity index (χ0) is 20.4. The van der Waals surface area contributed by atoms with Gasteiger partial charge in [0, 0.05) is 25.5 Å². The molecule has 0 aromatic carbocycles. The molecule has 4 atom stereocenters. The summed E-state index contributed by atoms with van der Waals surface area (Å²) in [7, 11) is 1.64. The summed E-state index contributed by atoms with van der Waals surface area (Å²) in [5, 5.41) is 3.29. The summed E-state index contributed by atoms with van der Waals surface area (Å²) in [5.74, 6) is 0.870. The number of carbonyl (C=O) groups excluding carboxylic acids is 1. The van der Waals surface area contributed by atoms with E-state index in [1.165, 1.54) is 12.8 Å². The molecule has 0 radical (unpaired) electrons. The molecule has 7 heteroatoms. The fourth-order valence-corrected chi connectivity index (χ4v) is 5.03. The maximum atomic E-state index is 13.1. The van der Waals surface area contributed by atoms with Crippen LogP contribution < -0.4 is 5.32 Å². The summed E-state index contributed by atoms with van der Waals surface area (Å²) < 4.78 is 13.2. The highest BCUT2D eigenvalue weighted by Crippen LogP contribution is 2.43. The van der Waals surface area contributed by atoms with Crippen LogP contribution in [0.3, 0.4) is 0 Å². The van der Waals surface area contributed by atoms with Crippen LogP contribution in [0.1, 0.15) is 67.3 Å². The van der Waals surface area contributed by atoms with Crippen LogP contribution in [0.25, 0.3) is 5.65 Å². The molecule has 29 heavy (non-hydrogen) atoms. The lowest BCUT2D eigenvalue weighted by Crippen LogP contribution is -2.46. The molecule has 2 heterocycles. The number of fused-ring (bicyclic) bond motifs is 3. The third kappa shape index (κ3) is 4.16. The van der Waals surface area contributed by atoms with Gasteiger partial charge in [0.25, 0.3) is 5.91 Å². The smallest absolute Gasteiger partial charge is 0.274 e. The lowest BCUT2D eigenvalue weighted by Gasteiger charge is -2.35. The number of methoxy groups -OCH3 is 1. The molecule has 0 spiro atoms. The van der Waals surface area contributed by atoms with Crippen molar-refractivity contribution in [1.29, 1.82) is 0 Å². The standard InChI is InChI=1S/C22H32N4O3/c1-4-5-8-29-18-10-15-6-7-16(11-18)19(15)25-22(27)20-21-24-17(12-28-3)9-14(2)26(21)13-23-20/h9,13,15-16,18-19H,4-8,10-12H2,1-3H3,(H,25,27)/t15-,16?,18?,19?/m0/s1. The van der Waals surface area contributed by atoms with Crippen molar-refractivity contribution in [2.75, 3.05) is 13.7 Å². The van der Waals surface area contributed by atoms with Crippen molar-refractivity contribution in [3.05, 3.63) is 29.5 Å². The SMILES string of the molecule is CCCCOC1CC2CC[C@@H](C1)C2NC(=O)c1ncn2c(C)cc(COC)nc12. The second kappa shape index (κ2) is 8.79. The topological polar surface area (TPSA) is 77.8 Å². The Balaban J connectivity index is 1.46. The lowest BCUT2D eigenvalue weighted by atomic mass is 9.82. The van der Waals surface area contributed by atoms with Gasteiger partial charge in [-0.1, -0.05) is 13.3 Å². The molecule has 7 nitrogen and oxygen atoms in total. The summed E-state index contributed by atoms with van der Waals surface area (Å²) in [6.07, 6.45) is 8.74. The maximum absolute atomic E-state index is 13.1. The van der Waals surface area contributed by atoms with E-state index >= 15 is 0 Å². The van der Waals surface area contributed by atoms with E-state index < -0.39 is 0 Å². The summed E-state index contributed by atoms with van der Waals surface area (Å²) in [6.45, 7) is 5.44. The van der Waals surface area contributed by atoms with Gasteiger partial charge in [0.15, 0.2) is 11.3 Å². The molecule has 1 amide bonds. The fraction of sp³-hybridized carbons (Fsp3) is 0.682. The first-order valence-corrected chi connectivity index (χ1v) is 10.9. The van der Waals surface area contributed by atoms with E-state index in [4.69, 9.17) is 9.47 Å². The normalized spacial score (nSPS) is 26.2. The van der Waals surface area contributed by atoms with Crippen LogP contribution >= 0.6 is 0 Å². The highest BCUT2D eigenvalue weighted by molar-refractivity contribution is 5.98. The lowest BCUT2D eigenvalue weighted by molar-refractivity contribution is -0.00121. The minimum absolute atomic E-state index is 0.124. The molecule has 0 saturated heterocycles. The molecule has 2 aromatic heterocycles. The number of amides is 1. The van der Waals surface area contributed by atoms with E-state index in [9.17, 15) is 4.79 Å². The number of ether oxygens (including phenoxy) is 2. The third-order valence-electron chi connectivity index (χ3n) is 6.46. The number of nitrogens with one attached hydrogen (secondary N) is 1. The first kappa shape index (κ1) is 20.3. The highest BCUT2D eigenvalue weighted by Gasteiger charge is 2.44. The number of hydrogen-bond donors (Lipinski definition) is 1. The van der Waals surface area contributed by atoms with Crippen molar-refractivity contribution < 1.29 is 14.3 Å².